The van der Waals surface area contributed by atoms with Crippen LogP contribution < -0.4 is 4.90 Å². The SMILES string of the molecule is O=C(Cc1cccnc1)N(c1cccc(F)c1)C1CCCC1. The number of halogens is 1. The summed E-state index contributed by atoms with van der Waals surface area (Å²) in [6.45, 7) is 0. The first kappa shape index (κ1) is 14.7. The number of carbonyl (C=O) groups is 1. The van der Waals surface area contributed by atoms with E-state index in [1.54, 1.807) is 23.4 Å². The van der Waals surface area contributed by atoms with Crippen molar-refractivity contribution in [3.8, 4) is 0 Å². The molecule has 3 rings (SSSR count). The molecule has 0 atom stereocenters. The van der Waals surface area contributed by atoms with Gasteiger partial charge in [-0.3, -0.25) is 9.78 Å². The molecule has 1 aliphatic carbocycles. The molecule has 1 saturated carbocycles. The lowest BCUT2D eigenvalue weighted by Crippen LogP contribution is -2.40. The molecular formula is C18H19FN2O. The molecule has 1 fully saturated rings. The molecule has 2 aromatic rings. The van der Waals surface area contributed by atoms with Gasteiger partial charge in [0, 0.05) is 24.1 Å². The molecule has 22 heavy (non-hydrogen) atoms. The van der Waals surface area contributed by atoms with Gasteiger partial charge in [-0.1, -0.05) is 25.0 Å². The van der Waals surface area contributed by atoms with E-state index in [2.05, 4.69) is 4.98 Å². The Balaban J connectivity index is 1.86. The Morgan fingerprint density at radius 1 is 1.23 bits per heavy atom. The summed E-state index contributed by atoms with van der Waals surface area (Å²) in [5.74, 6) is -0.305. The first-order valence-electron chi connectivity index (χ1n) is 7.70. The first-order chi connectivity index (χ1) is 10.7. The smallest absolute Gasteiger partial charge is 0.231 e. The monoisotopic (exact) mass is 298 g/mol. The van der Waals surface area contributed by atoms with Gasteiger partial charge in [0.25, 0.3) is 0 Å². The molecule has 1 heterocycles. The number of carbonyl (C=O) groups excluding carboxylic acids is 1. The van der Waals surface area contributed by atoms with Crippen molar-refractivity contribution < 1.29 is 9.18 Å². The van der Waals surface area contributed by atoms with E-state index < -0.39 is 0 Å². The topological polar surface area (TPSA) is 33.2 Å². The van der Waals surface area contributed by atoms with Crippen LogP contribution in [0.15, 0.2) is 48.8 Å². The lowest BCUT2D eigenvalue weighted by Gasteiger charge is -2.29. The zero-order valence-electron chi connectivity index (χ0n) is 12.4. The van der Waals surface area contributed by atoms with Gasteiger partial charge in [0.15, 0.2) is 0 Å². The lowest BCUT2D eigenvalue weighted by molar-refractivity contribution is -0.118. The van der Waals surface area contributed by atoms with Gasteiger partial charge in [0.1, 0.15) is 5.82 Å². The summed E-state index contributed by atoms with van der Waals surface area (Å²) in [4.78, 5) is 18.6. The second kappa shape index (κ2) is 6.69. The highest BCUT2D eigenvalue weighted by atomic mass is 19.1. The van der Waals surface area contributed by atoms with Crippen LogP contribution >= 0.6 is 0 Å². The molecule has 1 aliphatic rings. The Kier molecular flexibility index (Phi) is 4.47. The van der Waals surface area contributed by atoms with Crippen LogP contribution in [0.5, 0.6) is 0 Å². The van der Waals surface area contributed by atoms with Crippen LogP contribution in [-0.2, 0) is 11.2 Å². The van der Waals surface area contributed by atoms with E-state index in [0.717, 1.165) is 31.2 Å². The fourth-order valence-corrected chi connectivity index (χ4v) is 3.11. The van der Waals surface area contributed by atoms with E-state index >= 15 is 0 Å². The number of benzene rings is 1. The molecule has 0 radical (unpaired) electrons. The second-order valence-corrected chi connectivity index (χ2v) is 5.72. The minimum Gasteiger partial charge on any atom is -0.309 e. The molecule has 0 N–H and O–H groups in total. The predicted molar refractivity (Wildman–Crippen MR) is 84.1 cm³/mol. The van der Waals surface area contributed by atoms with E-state index in [1.807, 2.05) is 18.2 Å². The standard InChI is InChI=1S/C18H19FN2O/c19-15-6-3-9-17(12-15)21(16-7-1-2-8-16)18(22)11-14-5-4-10-20-13-14/h3-6,9-10,12-13,16H,1-2,7-8,11H2. The average molecular weight is 298 g/mol. The quantitative estimate of drug-likeness (QED) is 0.861. The van der Waals surface area contributed by atoms with Crippen LogP contribution in [0.1, 0.15) is 31.2 Å². The van der Waals surface area contributed by atoms with Gasteiger partial charge in [-0.15, -0.1) is 0 Å². The molecule has 1 amide bonds. The van der Waals surface area contributed by atoms with Gasteiger partial charge < -0.3 is 4.90 Å². The molecule has 114 valence electrons. The van der Waals surface area contributed by atoms with Gasteiger partial charge in [-0.05, 0) is 42.7 Å². The van der Waals surface area contributed by atoms with Crippen molar-refractivity contribution in [1.29, 1.82) is 0 Å². The average Bonchev–Trinajstić information content (AvgIpc) is 3.02. The van der Waals surface area contributed by atoms with Crippen molar-refractivity contribution in [3.05, 3.63) is 60.2 Å². The van der Waals surface area contributed by atoms with Gasteiger partial charge in [-0.25, -0.2) is 4.39 Å². The molecule has 0 saturated heterocycles. The summed E-state index contributed by atoms with van der Waals surface area (Å²) in [5, 5.41) is 0. The number of pyridine rings is 1. The van der Waals surface area contributed by atoms with Gasteiger partial charge in [0.05, 0.1) is 6.42 Å². The van der Waals surface area contributed by atoms with Crippen LogP contribution in [-0.4, -0.2) is 16.9 Å². The third kappa shape index (κ3) is 3.32. The van der Waals surface area contributed by atoms with E-state index in [0.29, 0.717) is 12.1 Å². The van der Waals surface area contributed by atoms with Crippen LogP contribution in [0.3, 0.4) is 0 Å². The van der Waals surface area contributed by atoms with Gasteiger partial charge >= 0.3 is 0 Å². The summed E-state index contributed by atoms with van der Waals surface area (Å²) >= 11 is 0. The molecule has 0 aliphatic heterocycles. The molecule has 1 aromatic heterocycles. The van der Waals surface area contributed by atoms with Crippen LogP contribution in [0.25, 0.3) is 0 Å². The summed E-state index contributed by atoms with van der Waals surface area (Å²) < 4.78 is 13.6. The number of rotatable bonds is 4. The van der Waals surface area contributed by atoms with Crippen LogP contribution in [0.4, 0.5) is 10.1 Å². The Labute approximate surface area is 129 Å². The molecule has 0 spiro atoms. The van der Waals surface area contributed by atoms with E-state index in [4.69, 9.17) is 0 Å². The van der Waals surface area contributed by atoms with Gasteiger partial charge in [-0.2, -0.15) is 0 Å². The Hall–Kier alpha value is -2.23. The number of amides is 1. The number of hydrogen-bond acceptors (Lipinski definition) is 2. The summed E-state index contributed by atoms with van der Waals surface area (Å²) in [5.41, 5.74) is 1.53. The number of anilines is 1. The van der Waals surface area contributed by atoms with Crippen molar-refractivity contribution in [2.45, 2.75) is 38.1 Å². The normalized spacial score (nSPS) is 15.0. The highest BCUT2D eigenvalue weighted by Crippen LogP contribution is 2.29. The van der Waals surface area contributed by atoms with E-state index in [-0.39, 0.29) is 17.8 Å². The predicted octanol–water partition coefficient (Wildman–Crippen LogP) is 3.74. The molecule has 1 aromatic carbocycles. The molecule has 0 bridgehead atoms. The molecular weight excluding hydrogens is 279 g/mol. The first-order valence-corrected chi connectivity index (χ1v) is 7.70. The fraction of sp³-hybridized carbons (Fsp3) is 0.333. The summed E-state index contributed by atoms with van der Waals surface area (Å²) in [7, 11) is 0. The van der Waals surface area contributed by atoms with Crippen molar-refractivity contribution in [2.75, 3.05) is 4.90 Å². The highest BCUT2D eigenvalue weighted by molar-refractivity contribution is 5.95. The van der Waals surface area contributed by atoms with Crippen molar-refractivity contribution in [2.24, 2.45) is 0 Å². The Morgan fingerprint density at radius 3 is 2.73 bits per heavy atom. The van der Waals surface area contributed by atoms with E-state index in [9.17, 15) is 9.18 Å². The Morgan fingerprint density at radius 2 is 2.05 bits per heavy atom. The Bertz CT molecular complexity index is 639. The largest absolute Gasteiger partial charge is 0.309 e. The maximum absolute atomic E-state index is 13.6. The van der Waals surface area contributed by atoms with E-state index in [1.165, 1.54) is 12.1 Å². The second-order valence-electron chi connectivity index (χ2n) is 5.72. The van der Waals surface area contributed by atoms with Crippen molar-refractivity contribution in [3.63, 3.8) is 0 Å². The lowest BCUT2D eigenvalue weighted by atomic mass is 10.1. The third-order valence-corrected chi connectivity index (χ3v) is 4.12. The fourth-order valence-electron chi connectivity index (χ4n) is 3.11. The minimum atomic E-state index is -0.310. The molecule has 0 unspecified atom stereocenters. The maximum atomic E-state index is 13.6. The molecule has 3 nitrogen and oxygen atoms in total. The maximum Gasteiger partial charge on any atom is 0.231 e. The van der Waals surface area contributed by atoms with Gasteiger partial charge in [0.2, 0.25) is 5.91 Å². The van der Waals surface area contributed by atoms with Crippen molar-refractivity contribution in [1.82, 2.24) is 4.98 Å². The zero-order valence-corrected chi connectivity index (χ0v) is 12.4. The van der Waals surface area contributed by atoms with Crippen molar-refractivity contribution >= 4 is 11.6 Å². The van der Waals surface area contributed by atoms with Crippen LogP contribution in [0.2, 0.25) is 0 Å². The summed E-state index contributed by atoms with van der Waals surface area (Å²) in [6.07, 6.45) is 7.89. The third-order valence-electron chi connectivity index (χ3n) is 4.12. The molecule has 4 heteroatoms. The zero-order chi connectivity index (χ0) is 15.4. The number of hydrogen-bond donors (Lipinski definition) is 0. The number of nitrogens with zero attached hydrogens (tertiary/aromatic N) is 2. The number of aromatic nitrogens is 1. The van der Waals surface area contributed by atoms with Crippen LogP contribution in [0, 0.1) is 5.82 Å². The minimum absolute atomic E-state index is 0.00509. The highest BCUT2D eigenvalue weighted by Gasteiger charge is 2.28. The summed E-state index contributed by atoms with van der Waals surface area (Å²) in [6, 6.07) is 10.2.